The van der Waals surface area contributed by atoms with Gasteiger partial charge in [-0.25, -0.2) is 4.39 Å². The zero-order valence-electron chi connectivity index (χ0n) is 9.41. The minimum absolute atomic E-state index is 0.252. The predicted molar refractivity (Wildman–Crippen MR) is 64.8 cm³/mol. The highest BCUT2D eigenvalue weighted by Gasteiger charge is 2.25. The lowest BCUT2D eigenvalue weighted by Gasteiger charge is -2.05. The lowest BCUT2D eigenvalue weighted by atomic mass is 10.0. The van der Waals surface area contributed by atoms with Crippen molar-refractivity contribution < 1.29 is 4.39 Å². The summed E-state index contributed by atoms with van der Waals surface area (Å²) in [7, 11) is 0. The number of nitrogens with one attached hydrogen (secondary N) is 1. The van der Waals surface area contributed by atoms with Crippen molar-refractivity contribution in [2.24, 2.45) is 5.92 Å². The molecule has 3 N–H and O–H groups in total. The number of hydrogen-bond acceptors (Lipinski definition) is 2. The fourth-order valence-corrected chi connectivity index (χ4v) is 2.12. The fourth-order valence-electron chi connectivity index (χ4n) is 2.12. The molecule has 1 fully saturated rings. The molecule has 1 aliphatic carbocycles. The SMILES string of the molecule is Nc1n[nH]c(CC2CC2)c1-c1ccccc1F. The van der Waals surface area contributed by atoms with Gasteiger partial charge < -0.3 is 5.73 Å². The highest BCUT2D eigenvalue weighted by Crippen LogP contribution is 2.37. The average Bonchev–Trinajstić information content (AvgIpc) is 3.05. The van der Waals surface area contributed by atoms with Crippen LogP contribution in [0.5, 0.6) is 0 Å². The summed E-state index contributed by atoms with van der Waals surface area (Å²) in [6, 6.07) is 6.68. The van der Waals surface area contributed by atoms with Crippen molar-refractivity contribution in [3.05, 3.63) is 35.8 Å². The van der Waals surface area contributed by atoms with Crippen molar-refractivity contribution in [1.29, 1.82) is 0 Å². The van der Waals surface area contributed by atoms with E-state index >= 15 is 0 Å². The Kier molecular flexibility index (Phi) is 2.35. The lowest BCUT2D eigenvalue weighted by molar-refractivity contribution is 0.631. The molecule has 0 amide bonds. The van der Waals surface area contributed by atoms with Crippen molar-refractivity contribution in [2.45, 2.75) is 19.3 Å². The van der Waals surface area contributed by atoms with Gasteiger partial charge in [0.15, 0.2) is 5.82 Å². The van der Waals surface area contributed by atoms with Crippen LogP contribution in [-0.2, 0) is 6.42 Å². The topological polar surface area (TPSA) is 54.7 Å². The summed E-state index contributed by atoms with van der Waals surface area (Å²) < 4.78 is 13.8. The molecule has 1 aliphatic rings. The predicted octanol–water partition coefficient (Wildman–Crippen LogP) is 2.75. The number of anilines is 1. The zero-order valence-corrected chi connectivity index (χ0v) is 9.41. The normalized spacial score (nSPS) is 15.1. The number of aromatic amines is 1. The van der Waals surface area contributed by atoms with Crippen LogP contribution in [0.15, 0.2) is 24.3 Å². The first-order valence-corrected chi connectivity index (χ1v) is 5.83. The third-order valence-electron chi connectivity index (χ3n) is 3.20. The molecule has 3 rings (SSSR count). The molecule has 17 heavy (non-hydrogen) atoms. The minimum Gasteiger partial charge on any atom is -0.382 e. The zero-order chi connectivity index (χ0) is 11.8. The van der Waals surface area contributed by atoms with Crippen molar-refractivity contribution in [1.82, 2.24) is 10.2 Å². The van der Waals surface area contributed by atoms with Crippen molar-refractivity contribution in [2.75, 3.05) is 5.73 Å². The van der Waals surface area contributed by atoms with Crippen LogP contribution in [-0.4, -0.2) is 10.2 Å². The van der Waals surface area contributed by atoms with E-state index in [1.807, 2.05) is 6.07 Å². The number of aromatic nitrogens is 2. The Balaban J connectivity index is 2.06. The van der Waals surface area contributed by atoms with Gasteiger partial charge >= 0.3 is 0 Å². The number of halogens is 1. The Morgan fingerprint density at radius 2 is 2.12 bits per heavy atom. The van der Waals surface area contributed by atoms with Crippen LogP contribution >= 0.6 is 0 Å². The van der Waals surface area contributed by atoms with Crippen LogP contribution in [0.4, 0.5) is 10.2 Å². The van der Waals surface area contributed by atoms with E-state index in [9.17, 15) is 4.39 Å². The van der Waals surface area contributed by atoms with Gasteiger partial charge in [0.05, 0.1) is 0 Å². The summed E-state index contributed by atoms with van der Waals surface area (Å²) in [5.74, 6) is 0.837. The van der Waals surface area contributed by atoms with Gasteiger partial charge in [-0.15, -0.1) is 0 Å². The van der Waals surface area contributed by atoms with Gasteiger partial charge in [-0.1, -0.05) is 18.2 Å². The molecule has 0 unspecified atom stereocenters. The van der Waals surface area contributed by atoms with E-state index in [4.69, 9.17) is 5.73 Å². The molecule has 0 spiro atoms. The maximum Gasteiger partial charge on any atom is 0.153 e. The highest BCUT2D eigenvalue weighted by molar-refractivity contribution is 5.76. The molecular weight excluding hydrogens is 217 g/mol. The molecule has 0 atom stereocenters. The largest absolute Gasteiger partial charge is 0.382 e. The first-order valence-electron chi connectivity index (χ1n) is 5.83. The van der Waals surface area contributed by atoms with Crippen LogP contribution in [0.25, 0.3) is 11.1 Å². The summed E-state index contributed by atoms with van der Waals surface area (Å²) >= 11 is 0. The van der Waals surface area contributed by atoms with Gasteiger partial charge in [0.2, 0.25) is 0 Å². The van der Waals surface area contributed by atoms with Crippen molar-refractivity contribution in [3.8, 4) is 11.1 Å². The Labute approximate surface area is 98.8 Å². The average molecular weight is 231 g/mol. The number of benzene rings is 1. The molecule has 0 radical (unpaired) electrons. The number of H-pyrrole nitrogens is 1. The third kappa shape index (κ3) is 1.90. The number of nitrogens with zero attached hydrogens (tertiary/aromatic N) is 1. The van der Waals surface area contributed by atoms with Crippen molar-refractivity contribution >= 4 is 5.82 Å². The Morgan fingerprint density at radius 3 is 2.82 bits per heavy atom. The highest BCUT2D eigenvalue weighted by atomic mass is 19.1. The van der Waals surface area contributed by atoms with Gasteiger partial charge in [0.25, 0.3) is 0 Å². The van der Waals surface area contributed by atoms with Gasteiger partial charge in [-0.3, -0.25) is 5.10 Å². The second kappa shape index (κ2) is 3.87. The molecule has 1 saturated carbocycles. The molecule has 0 aliphatic heterocycles. The maximum absolute atomic E-state index is 13.8. The Bertz CT molecular complexity index is 543. The van der Waals surface area contributed by atoms with E-state index < -0.39 is 0 Å². The summed E-state index contributed by atoms with van der Waals surface area (Å²) in [5, 5.41) is 6.93. The standard InChI is InChI=1S/C13H14FN3/c14-10-4-2-1-3-9(10)12-11(7-8-5-6-8)16-17-13(12)15/h1-4,8H,5-7H2,(H3,15,16,17). The van der Waals surface area contributed by atoms with E-state index in [0.717, 1.165) is 17.7 Å². The van der Waals surface area contributed by atoms with E-state index in [0.29, 0.717) is 17.3 Å². The van der Waals surface area contributed by atoms with E-state index in [1.165, 1.54) is 18.9 Å². The van der Waals surface area contributed by atoms with Crippen LogP contribution in [0.1, 0.15) is 18.5 Å². The van der Waals surface area contributed by atoms with Crippen LogP contribution in [0.3, 0.4) is 0 Å². The number of hydrogen-bond donors (Lipinski definition) is 2. The van der Waals surface area contributed by atoms with Gasteiger partial charge in [-0.05, 0) is 31.2 Å². The summed E-state index contributed by atoms with van der Waals surface area (Å²) in [6.07, 6.45) is 3.40. The maximum atomic E-state index is 13.8. The van der Waals surface area contributed by atoms with Crippen LogP contribution in [0, 0.1) is 11.7 Å². The molecule has 0 saturated heterocycles. The molecule has 3 nitrogen and oxygen atoms in total. The van der Waals surface area contributed by atoms with Crippen LogP contribution in [0.2, 0.25) is 0 Å². The molecule has 1 aromatic carbocycles. The van der Waals surface area contributed by atoms with Gasteiger partial charge in [0.1, 0.15) is 5.82 Å². The molecule has 1 aromatic heterocycles. The lowest BCUT2D eigenvalue weighted by Crippen LogP contribution is -1.94. The molecule has 4 heteroatoms. The second-order valence-corrected chi connectivity index (χ2v) is 4.59. The Morgan fingerprint density at radius 1 is 1.35 bits per heavy atom. The number of rotatable bonds is 3. The number of nitrogen functional groups attached to an aromatic ring is 1. The molecule has 1 heterocycles. The fraction of sp³-hybridized carbons (Fsp3) is 0.308. The summed E-state index contributed by atoms with van der Waals surface area (Å²) in [5.41, 5.74) is 8.05. The van der Waals surface area contributed by atoms with Crippen LogP contribution < -0.4 is 5.73 Å². The molecule has 88 valence electrons. The van der Waals surface area contributed by atoms with E-state index in [2.05, 4.69) is 10.2 Å². The summed E-state index contributed by atoms with van der Waals surface area (Å²) in [6.45, 7) is 0. The Hall–Kier alpha value is -1.84. The molecular formula is C13H14FN3. The summed E-state index contributed by atoms with van der Waals surface area (Å²) in [4.78, 5) is 0. The van der Waals surface area contributed by atoms with Gasteiger partial charge in [-0.2, -0.15) is 5.10 Å². The number of nitrogens with two attached hydrogens (primary N) is 1. The quantitative estimate of drug-likeness (QED) is 0.853. The minimum atomic E-state index is -0.252. The second-order valence-electron chi connectivity index (χ2n) is 4.59. The third-order valence-corrected chi connectivity index (χ3v) is 3.20. The first-order chi connectivity index (χ1) is 8.25. The van der Waals surface area contributed by atoms with E-state index in [1.54, 1.807) is 12.1 Å². The van der Waals surface area contributed by atoms with Crippen molar-refractivity contribution in [3.63, 3.8) is 0 Å². The molecule has 2 aromatic rings. The van der Waals surface area contributed by atoms with Gasteiger partial charge in [0, 0.05) is 16.8 Å². The monoisotopic (exact) mass is 231 g/mol. The first kappa shape index (κ1) is 10.3. The smallest absolute Gasteiger partial charge is 0.153 e. The molecule has 0 bridgehead atoms. The van der Waals surface area contributed by atoms with E-state index in [-0.39, 0.29) is 5.82 Å².